The van der Waals surface area contributed by atoms with Gasteiger partial charge in [-0.2, -0.15) is 9.97 Å². The molecule has 4 fully saturated rings. The Morgan fingerprint density at radius 3 is 2.37 bits per heavy atom. The second-order valence-electron chi connectivity index (χ2n) is 20.7. The summed E-state index contributed by atoms with van der Waals surface area (Å²) in [5.74, 6) is -0.262. The molecule has 4 aliphatic rings. The van der Waals surface area contributed by atoms with Crippen LogP contribution in [0.2, 0.25) is 16.6 Å². The molecule has 63 heavy (non-hydrogen) atoms. The first-order valence-electron chi connectivity index (χ1n) is 22.6. The molecule has 8 rings (SSSR count). The van der Waals surface area contributed by atoms with Crippen molar-refractivity contribution in [2.24, 2.45) is 5.41 Å². The number of likely N-dealkylation sites (tertiary alicyclic amines) is 1. The number of anilines is 1. The average Bonchev–Trinajstić information content (AvgIpc) is 3.56. The SMILES string of the molecule is CC(C)[Si](C#Cc1c(F)ccc2cccc(-c3ncc4c(N(C)[C@@H]5CCN(C(=O)OC(C)(C)C)[C@@H]5C)nc(OCC56CCCN5CC5(C6)CC5(F)F)nc4c3F)c12)(C(C)C)C(C)C. The van der Waals surface area contributed by atoms with E-state index < -0.39 is 48.3 Å². The molecule has 4 atom stereocenters. The van der Waals surface area contributed by atoms with Crippen molar-refractivity contribution in [3.63, 3.8) is 0 Å². The molecule has 1 amide bonds. The summed E-state index contributed by atoms with van der Waals surface area (Å²) in [5, 5.41) is 1.48. The Morgan fingerprint density at radius 1 is 1.02 bits per heavy atom. The smallest absolute Gasteiger partial charge is 0.410 e. The Morgan fingerprint density at radius 2 is 1.71 bits per heavy atom. The minimum absolute atomic E-state index is 0.0281. The second kappa shape index (κ2) is 15.9. The third-order valence-corrected chi connectivity index (χ3v) is 21.2. The highest BCUT2D eigenvalue weighted by Gasteiger charge is 2.77. The fraction of sp³-hybridized carbons (Fsp3) is 0.592. The van der Waals surface area contributed by atoms with Crippen LogP contribution in [0.15, 0.2) is 36.5 Å². The van der Waals surface area contributed by atoms with Gasteiger partial charge in [0.25, 0.3) is 5.92 Å². The van der Waals surface area contributed by atoms with Gasteiger partial charge in [0, 0.05) is 43.7 Å². The molecule has 2 aromatic carbocycles. The summed E-state index contributed by atoms with van der Waals surface area (Å²) in [6.45, 7) is 22.2. The lowest BCUT2D eigenvalue weighted by Crippen LogP contribution is -2.45. The van der Waals surface area contributed by atoms with E-state index >= 15 is 8.78 Å². The van der Waals surface area contributed by atoms with E-state index in [9.17, 15) is 13.6 Å². The van der Waals surface area contributed by atoms with Crippen LogP contribution in [-0.4, -0.2) is 101 Å². The number of amides is 1. The molecule has 0 bridgehead atoms. The lowest BCUT2D eigenvalue weighted by Gasteiger charge is -2.38. The van der Waals surface area contributed by atoms with Crippen molar-refractivity contribution in [1.82, 2.24) is 24.8 Å². The van der Waals surface area contributed by atoms with E-state index in [1.54, 1.807) is 29.3 Å². The number of alkyl halides is 2. The van der Waals surface area contributed by atoms with E-state index in [0.29, 0.717) is 83.1 Å². The van der Waals surface area contributed by atoms with E-state index in [1.165, 1.54) is 6.07 Å². The molecule has 2 aromatic heterocycles. The summed E-state index contributed by atoms with van der Waals surface area (Å²) < 4.78 is 75.5. The van der Waals surface area contributed by atoms with Gasteiger partial charge in [-0.05, 0) is 88.0 Å². The molecule has 1 spiro atoms. The van der Waals surface area contributed by atoms with Crippen molar-refractivity contribution in [3.05, 3.63) is 53.7 Å². The van der Waals surface area contributed by atoms with Crippen molar-refractivity contribution in [2.75, 3.05) is 38.2 Å². The summed E-state index contributed by atoms with van der Waals surface area (Å²) in [6.07, 6.45) is 3.46. The normalized spacial score (nSPS) is 24.5. The lowest BCUT2D eigenvalue weighted by molar-refractivity contribution is 0.0233. The number of benzene rings is 2. The molecule has 4 aromatic rings. The van der Waals surface area contributed by atoms with Crippen molar-refractivity contribution in [3.8, 4) is 28.7 Å². The number of pyridine rings is 1. The predicted octanol–water partition coefficient (Wildman–Crippen LogP) is 11.2. The van der Waals surface area contributed by atoms with Gasteiger partial charge in [-0.3, -0.25) is 9.88 Å². The highest BCUT2D eigenvalue weighted by atomic mass is 28.3. The van der Waals surface area contributed by atoms with Crippen LogP contribution in [0.5, 0.6) is 6.01 Å². The fourth-order valence-electron chi connectivity index (χ4n) is 11.6. The van der Waals surface area contributed by atoms with Crippen LogP contribution in [0.1, 0.15) is 107 Å². The molecular weight excluding hydrogens is 825 g/mol. The molecule has 9 nitrogen and oxygen atoms in total. The Bertz CT molecular complexity index is 2500. The van der Waals surface area contributed by atoms with Crippen molar-refractivity contribution >= 4 is 41.7 Å². The Kier molecular flexibility index (Phi) is 11.4. The largest absolute Gasteiger partial charge is 0.461 e. The Balaban J connectivity index is 1.24. The van der Waals surface area contributed by atoms with Gasteiger partial charge in [-0.15, -0.1) is 5.54 Å². The monoisotopic (exact) mass is 886 g/mol. The molecule has 14 heteroatoms. The van der Waals surface area contributed by atoms with Crippen LogP contribution in [0.25, 0.3) is 32.9 Å². The van der Waals surface area contributed by atoms with Crippen molar-refractivity contribution in [1.29, 1.82) is 0 Å². The molecule has 338 valence electrons. The van der Waals surface area contributed by atoms with Gasteiger partial charge in [0.05, 0.1) is 34.0 Å². The Labute approximate surface area is 370 Å². The third-order valence-electron chi connectivity index (χ3n) is 14.9. The van der Waals surface area contributed by atoms with Crippen LogP contribution in [-0.2, 0) is 4.74 Å². The molecule has 5 heterocycles. The number of likely N-dealkylation sites (N-methyl/N-ethyl adjacent to an activating group) is 1. The number of ether oxygens (including phenoxy) is 2. The van der Waals surface area contributed by atoms with Gasteiger partial charge in [0.15, 0.2) is 5.82 Å². The molecule has 3 saturated heterocycles. The van der Waals surface area contributed by atoms with Gasteiger partial charge in [-0.25, -0.2) is 22.4 Å². The maximum Gasteiger partial charge on any atom is 0.410 e. The van der Waals surface area contributed by atoms with E-state index in [1.807, 2.05) is 45.7 Å². The highest BCUT2D eigenvalue weighted by molar-refractivity contribution is 6.90. The number of carbonyl (C=O) groups excluding carboxylic acids is 1. The zero-order chi connectivity index (χ0) is 45.6. The van der Waals surface area contributed by atoms with Crippen LogP contribution in [0.3, 0.4) is 0 Å². The number of nitrogens with zero attached hydrogens (tertiary/aromatic N) is 6. The van der Waals surface area contributed by atoms with Gasteiger partial charge in [-0.1, -0.05) is 71.7 Å². The van der Waals surface area contributed by atoms with E-state index in [2.05, 4.69) is 57.9 Å². The van der Waals surface area contributed by atoms with Gasteiger partial charge in [0.1, 0.15) is 43.1 Å². The molecule has 0 radical (unpaired) electrons. The molecule has 3 aliphatic heterocycles. The van der Waals surface area contributed by atoms with Crippen LogP contribution < -0.4 is 9.64 Å². The zero-order valence-corrected chi connectivity index (χ0v) is 39.6. The lowest BCUT2D eigenvalue weighted by atomic mass is 9.89. The number of hydrogen-bond acceptors (Lipinski definition) is 8. The van der Waals surface area contributed by atoms with E-state index in [-0.39, 0.29) is 47.9 Å². The number of rotatable bonds is 9. The standard InChI is InChI=1S/C49H62F4N6O3Si/c1-29(2)63(30(3)4,31(5)6)23-19-34-37(50)17-16-33-14-12-15-35(39(33)34)41-40(51)42-36(24-54-41)43(57(11)38-18-22-59(32(38)7)45(60)62-46(8,9)10)56-44(55-42)61-28-48-20-13-21-58(48)27-47(25-48)26-49(47,52)53/h12,14-17,24,29-32,38H,13,18,20-22,25-28H2,1-11H3/t32-,38-,47?,48?/m1/s1. The summed E-state index contributed by atoms with van der Waals surface area (Å²) in [7, 11) is -0.441. The van der Waals surface area contributed by atoms with Crippen LogP contribution >= 0.6 is 0 Å². The minimum Gasteiger partial charge on any atom is -0.461 e. The third kappa shape index (κ3) is 7.62. The molecule has 1 saturated carbocycles. The maximum absolute atomic E-state index is 17.6. The first-order valence-corrected chi connectivity index (χ1v) is 24.9. The number of aromatic nitrogens is 3. The maximum atomic E-state index is 17.6. The van der Waals surface area contributed by atoms with Crippen LogP contribution in [0.4, 0.5) is 28.2 Å². The first kappa shape index (κ1) is 45.1. The average molecular weight is 887 g/mol. The summed E-state index contributed by atoms with van der Waals surface area (Å²) in [5.41, 5.74) is 2.80. The summed E-state index contributed by atoms with van der Waals surface area (Å²) in [4.78, 5) is 33.3. The molecule has 2 unspecified atom stereocenters. The van der Waals surface area contributed by atoms with E-state index in [4.69, 9.17) is 24.4 Å². The number of carbonyl (C=O) groups is 1. The van der Waals surface area contributed by atoms with Gasteiger partial charge >= 0.3 is 12.1 Å². The summed E-state index contributed by atoms with van der Waals surface area (Å²) in [6, 6.07) is 7.85. The first-order chi connectivity index (χ1) is 29.5. The second-order valence-corrected chi connectivity index (χ2v) is 26.3. The van der Waals surface area contributed by atoms with Crippen molar-refractivity contribution in [2.45, 2.75) is 147 Å². The van der Waals surface area contributed by atoms with Gasteiger partial charge < -0.3 is 19.3 Å². The summed E-state index contributed by atoms with van der Waals surface area (Å²) >= 11 is 0. The molecule has 1 aliphatic carbocycles. The quantitative estimate of drug-likeness (QED) is 0.0934. The molecule has 0 N–H and O–H groups in total. The number of fused-ring (bicyclic) bond motifs is 3. The van der Waals surface area contributed by atoms with Crippen LogP contribution in [0, 0.1) is 28.5 Å². The van der Waals surface area contributed by atoms with Gasteiger partial charge in [0.2, 0.25) is 0 Å². The molecular formula is C49H62F4N6O3Si. The minimum atomic E-state index is -2.70. The van der Waals surface area contributed by atoms with E-state index in [0.717, 1.165) is 6.42 Å². The number of halogens is 4. The zero-order valence-electron chi connectivity index (χ0n) is 38.6. The highest BCUT2D eigenvalue weighted by Crippen LogP contribution is 2.69. The Hall–Kier alpha value is -4.48. The predicted molar refractivity (Wildman–Crippen MR) is 243 cm³/mol. The fourth-order valence-corrected chi connectivity index (χ4v) is 16.9. The number of hydrogen-bond donors (Lipinski definition) is 0. The topological polar surface area (TPSA) is 83.9 Å². The van der Waals surface area contributed by atoms with Crippen molar-refractivity contribution < 1.29 is 31.8 Å².